The van der Waals surface area contributed by atoms with Gasteiger partial charge in [-0.05, 0) is 38.8 Å². The van der Waals surface area contributed by atoms with Crippen molar-refractivity contribution < 1.29 is 4.21 Å². The van der Waals surface area contributed by atoms with Gasteiger partial charge >= 0.3 is 0 Å². The third-order valence-corrected chi connectivity index (χ3v) is 5.13. The molecule has 13 heavy (non-hydrogen) atoms. The van der Waals surface area contributed by atoms with Crippen LogP contribution in [-0.2, 0) is 9.52 Å². The Morgan fingerprint density at radius 2 is 1.62 bits per heavy atom. The molecule has 1 unspecified atom stereocenters. The van der Waals surface area contributed by atoms with E-state index in [1.807, 2.05) is 51.1 Å². The maximum atomic E-state index is 12.3. The van der Waals surface area contributed by atoms with Gasteiger partial charge in [0.2, 0.25) is 0 Å². The first-order valence-electron chi connectivity index (χ1n) is 4.27. The minimum absolute atomic E-state index is 0.283. The molecular weight excluding hydrogens is 180 g/mol. The van der Waals surface area contributed by atoms with Crippen LogP contribution in [-0.4, -0.2) is 14.8 Å². The molecule has 72 valence electrons. The fourth-order valence-electron chi connectivity index (χ4n) is 0.994. The Bertz CT molecular complexity index is 368. The average molecular weight is 196 g/mol. The van der Waals surface area contributed by atoms with E-state index in [0.717, 1.165) is 4.90 Å². The van der Waals surface area contributed by atoms with E-state index in [4.69, 9.17) is 0 Å². The highest BCUT2D eigenvalue weighted by Crippen LogP contribution is 2.23. The predicted molar refractivity (Wildman–Crippen MR) is 59.7 cm³/mol. The Morgan fingerprint density at radius 1 is 1.15 bits per heavy atom. The van der Waals surface area contributed by atoms with Crippen molar-refractivity contribution >= 4 is 15.4 Å². The fraction of sp³-hybridized carbons (Fsp3) is 0.364. The summed E-state index contributed by atoms with van der Waals surface area (Å²) in [7, 11) is -2.18. The van der Waals surface area contributed by atoms with E-state index >= 15 is 0 Å². The summed E-state index contributed by atoms with van der Waals surface area (Å²) in [6, 6.07) is 9.46. The molecule has 0 spiro atoms. The van der Waals surface area contributed by atoms with Crippen molar-refractivity contribution in [3.63, 3.8) is 0 Å². The molecule has 0 saturated heterocycles. The van der Waals surface area contributed by atoms with E-state index in [2.05, 4.69) is 5.87 Å². The lowest BCUT2D eigenvalue weighted by Crippen LogP contribution is -2.27. The van der Waals surface area contributed by atoms with Gasteiger partial charge in [0.1, 0.15) is 0 Å². The Kier molecular flexibility index (Phi) is 2.53. The molecular formula is C11H16OS. The zero-order valence-electron chi connectivity index (χ0n) is 8.41. The molecule has 0 radical (unpaired) electrons. The van der Waals surface area contributed by atoms with E-state index in [9.17, 15) is 4.21 Å². The van der Waals surface area contributed by atoms with Crippen molar-refractivity contribution in [1.29, 1.82) is 0 Å². The van der Waals surface area contributed by atoms with E-state index in [-0.39, 0.29) is 4.75 Å². The second-order valence-corrected chi connectivity index (χ2v) is 7.15. The van der Waals surface area contributed by atoms with Crippen LogP contribution in [0.5, 0.6) is 0 Å². The highest BCUT2D eigenvalue weighted by molar-refractivity contribution is 8.01. The van der Waals surface area contributed by atoms with Crippen LogP contribution < -0.4 is 0 Å². The summed E-state index contributed by atoms with van der Waals surface area (Å²) >= 11 is 0. The quantitative estimate of drug-likeness (QED) is 0.631. The van der Waals surface area contributed by atoms with E-state index in [0.29, 0.717) is 0 Å². The van der Waals surface area contributed by atoms with Crippen molar-refractivity contribution in [3.8, 4) is 0 Å². The van der Waals surface area contributed by atoms with Crippen LogP contribution in [0, 0.1) is 0 Å². The third kappa shape index (κ3) is 1.94. The van der Waals surface area contributed by atoms with Gasteiger partial charge in [0.15, 0.2) is 0 Å². The second-order valence-electron chi connectivity index (χ2n) is 4.10. The second kappa shape index (κ2) is 3.18. The zero-order chi connectivity index (χ0) is 10.1. The normalized spacial score (nSPS) is 16.5. The van der Waals surface area contributed by atoms with Crippen LogP contribution in [0.3, 0.4) is 0 Å². The van der Waals surface area contributed by atoms with Crippen LogP contribution in [0.2, 0.25) is 0 Å². The molecule has 1 aromatic carbocycles. The van der Waals surface area contributed by atoms with E-state index in [1.54, 1.807) is 0 Å². The van der Waals surface area contributed by atoms with Gasteiger partial charge in [0.05, 0.1) is 0 Å². The minimum Gasteiger partial charge on any atom is -0.263 e. The summed E-state index contributed by atoms with van der Waals surface area (Å²) in [5.74, 6) is 3.84. The molecule has 0 bridgehead atoms. The van der Waals surface area contributed by atoms with Crippen LogP contribution >= 0.6 is 0 Å². The van der Waals surface area contributed by atoms with Gasteiger partial charge in [-0.1, -0.05) is 18.2 Å². The van der Waals surface area contributed by atoms with Crippen LogP contribution in [0.25, 0.3) is 0 Å². The smallest absolute Gasteiger partial charge is 0.0342 e. The third-order valence-electron chi connectivity index (χ3n) is 2.11. The standard InChI is InChI=1S/C11H16OS/c1-11(2,3)13(4,12)10-8-6-5-7-9-10/h5-9H,4H2,1-3H3. The van der Waals surface area contributed by atoms with Crippen LogP contribution in [0.4, 0.5) is 0 Å². The summed E-state index contributed by atoms with van der Waals surface area (Å²) in [6.07, 6.45) is 0. The summed E-state index contributed by atoms with van der Waals surface area (Å²) in [6.45, 7) is 5.86. The minimum atomic E-state index is -2.18. The van der Waals surface area contributed by atoms with Crippen molar-refractivity contribution in [3.05, 3.63) is 30.3 Å². The van der Waals surface area contributed by atoms with E-state index < -0.39 is 9.52 Å². The topological polar surface area (TPSA) is 17.1 Å². The first-order chi connectivity index (χ1) is 5.86. The molecule has 0 heterocycles. The van der Waals surface area contributed by atoms with Gasteiger partial charge in [-0.2, -0.15) is 0 Å². The molecule has 0 saturated carbocycles. The predicted octanol–water partition coefficient (Wildman–Crippen LogP) is 2.56. The first-order valence-corrected chi connectivity index (χ1v) is 6.00. The van der Waals surface area contributed by atoms with Crippen molar-refractivity contribution in [2.75, 3.05) is 0 Å². The first kappa shape index (κ1) is 10.3. The lowest BCUT2D eigenvalue weighted by molar-refractivity contribution is 0.646. The molecule has 2 heteroatoms. The van der Waals surface area contributed by atoms with E-state index in [1.165, 1.54) is 0 Å². The number of benzene rings is 1. The Labute approximate surface area is 80.8 Å². The van der Waals surface area contributed by atoms with Crippen LogP contribution in [0.15, 0.2) is 35.2 Å². The summed E-state index contributed by atoms with van der Waals surface area (Å²) in [4.78, 5) is 0.836. The van der Waals surface area contributed by atoms with Gasteiger partial charge in [-0.25, -0.2) is 0 Å². The van der Waals surface area contributed by atoms with Gasteiger partial charge in [-0.3, -0.25) is 4.21 Å². The highest BCUT2D eigenvalue weighted by Gasteiger charge is 2.24. The highest BCUT2D eigenvalue weighted by atomic mass is 32.2. The molecule has 0 fully saturated rings. The fourth-order valence-corrected chi connectivity index (χ4v) is 2.30. The molecule has 1 aromatic rings. The Balaban J connectivity index is 3.26. The Morgan fingerprint density at radius 3 is 2.00 bits per heavy atom. The van der Waals surface area contributed by atoms with Crippen molar-refractivity contribution in [2.24, 2.45) is 0 Å². The Hall–Kier alpha value is -0.760. The molecule has 1 atom stereocenters. The molecule has 0 aliphatic rings. The monoisotopic (exact) mass is 196 g/mol. The molecule has 0 amide bonds. The summed E-state index contributed by atoms with van der Waals surface area (Å²) in [5, 5.41) is 0. The summed E-state index contributed by atoms with van der Waals surface area (Å²) < 4.78 is 12.0. The molecule has 0 aliphatic carbocycles. The number of hydrogen-bond donors (Lipinski definition) is 0. The van der Waals surface area contributed by atoms with Crippen molar-refractivity contribution in [1.82, 2.24) is 0 Å². The maximum absolute atomic E-state index is 12.3. The lowest BCUT2D eigenvalue weighted by Gasteiger charge is -2.24. The number of rotatable bonds is 1. The summed E-state index contributed by atoms with van der Waals surface area (Å²) in [5.41, 5.74) is 0. The maximum Gasteiger partial charge on any atom is 0.0342 e. The van der Waals surface area contributed by atoms with Crippen molar-refractivity contribution in [2.45, 2.75) is 30.4 Å². The molecule has 1 nitrogen and oxygen atoms in total. The molecule has 0 N–H and O–H groups in total. The number of hydrogen-bond acceptors (Lipinski definition) is 1. The van der Waals surface area contributed by atoms with Gasteiger partial charge in [-0.15, -0.1) is 0 Å². The lowest BCUT2D eigenvalue weighted by atomic mass is 10.3. The largest absolute Gasteiger partial charge is 0.263 e. The van der Waals surface area contributed by atoms with Crippen LogP contribution in [0.1, 0.15) is 20.8 Å². The average Bonchev–Trinajstić information content (AvgIpc) is 2.04. The molecule has 0 aromatic heterocycles. The molecule has 1 rings (SSSR count). The van der Waals surface area contributed by atoms with Gasteiger partial charge in [0, 0.05) is 19.2 Å². The zero-order valence-corrected chi connectivity index (χ0v) is 9.23. The van der Waals surface area contributed by atoms with Gasteiger partial charge < -0.3 is 0 Å². The molecule has 0 aliphatic heterocycles. The van der Waals surface area contributed by atoms with Gasteiger partial charge in [0.25, 0.3) is 0 Å². The SMILES string of the molecule is C=S(=O)(c1ccccc1)C(C)(C)C.